The molecular weight excluding hydrogens is 629 g/mol. The van der Waals surface area contributed by atoms with E-state index in [2.05, 4.69) is 0 Å². The first-order chi connectivity index (χ1) is 20.1. The number of anilines is 1. The highest BCUT2D eigenvalue weighted by molar-refractivity contribution is 6.42. The molecule has 4 aromatic rings. The molecule has 0 aromatic heterocycles. The second-order valence-corrected chi connectivity index (χ2v) is 10.2. The summed E-state index contributed by atoms with van der Waals surface area (Å²) in [7, 11) is 0. The Balaban J connectivity index is 1.73. The van der Waals surface area contributed by atoms with Crippen molar-refractivity contribution < 1.29 is 45.0 Å². The largest absolute Gasteiger partial charge is 0.458 e. The fourth-order valence-electron chi connectivity index (χ4n) is 4.30. The summed E-state index contributed by atoms with van der Waals surface area (Å²) < 4.78 is 114. The Hall–Kier alpha value is -3.54. The summed E-state index contributed by atoms with van der Waals surface area (Å²) in [5, 5.41) is 11.3. The van der Waals surface area contributed by atoms with Crippen molar-refractivity contribution in [3.05, 3.63) is 123 Å². The number of benzene rings is 4. The van der Waals surface area contributed by atoms with E-state index in [1.54, 1.807) is 6.07 Å². The SMILES string of the molecule is OC(CN(Cc1cccc(C(F)(F)C(F)(F)F)c1)c1cccc(Oc2cccc(Cl)c2Cl)c1)c1ccccc1C(F)(F)F. The molecular formula is C30H21Cl2F8NO2. The second-order valence-electron chi connectivity index (χ2n) is 9.41. The molecule has 0 saturated carbocycles. The summed E-state index contributed by atoms with van der Waals surface area (Å²) in [6.45, 7) is -0.872. The maximum Gasteiger partial charge on any atom is 0.458 e. The number of aliphatic hydroxyl groups excluding tert-OH is 1. The lowest BCUT2D eigenvalue weighted by Crippen LogP contribution is -2.34. The van der Waals surface area contributed by atoms with E-state index in [1.807, 2.05) is 0 Å². The number of aliphatic hydroxyl groups is 1. The average molecular weight is 650 g/mol. The van der Waals surface area contributed by atoms with Crippen LogP contribution in [0.5, 0.6) is 11.5 Å². The van der Waals surface area contributed by atoms with Crippen molar-refractivity contribution in [3.8, 4) is 11.5 Å². The van der Waals surface area contributed by atoms with E-state index in [-0.39, 0.29) is 39.3 Å². The molecule has 13 heteroatoms. The Morgan fingerprint density at radius 2 is 1.44 bits per heavy atom. The van der Waals surface area contributed by atoms with Gasteiger partial charge in [0.15, 0.2) is 0 Å². The summed E-state index contributed by atoms with van der Waals surface area (Å²) in [5.74, 6) is -4.78. The highest BCUT2D eigenvalue weighted by Crippen LogP contribution is 2.44. The number of nitrogens with zero attached hydrogens (tertiary/aromatic N) is 1. The molecule has 1 atom stereocenters. The van der Waals surface area contributed by atoms with E-state index in [0.29, 0.717) is 12.1 Å². The molecule has 1 N–H and O–H groups in total. The minimum absolute atomic E-state index is 0.0260. The van der Waals surface area contributed by atoms with Gasteiger partial charge in [0.1, 0.15) is 16.5 Å². The lowest BCUT2D eigenvalue weighted by molar-refractivity contribution is -0.289. The zero-order chi connectivity index (χ0) is 31.6. The van der Waals surface area contributed by atoms with Crippen LogP contribution < -0.4 is 9.64 Å². The molecule has 0 spiro atoms. The highest BCUT2D eigenvalue weighted by atomic mass is 35.5. The van der Waals surface area contributed by atoms with Gasteiger partial charge in [0.2, 0.25) is 0 Å². The molecule has 4 rings (SSSR count). The van der Waals surface area contributed by atoms with Gasteiger partial charge in [0, 0.05) is 30.4 Å². The lowest BCUT2D eigenvalue weighted by Gasteiger charge is -2.29. The predicted molar refractivity (Wildman–Crippen MR) is 147 cm³/mol. The van der Waals surface area contributed by atoms with Gasteiger partial charge in [0.05, 0.1) is 16.7 Å². The van der Waals surface area contributed by atoms with Crippen LogP contribution in [0.3, 0.4) is 0 Å². The van der Waals surface area contributed by atoms with Gasteiger partial charge in [-0.3, -0.25) is 0 Å². The molecule has 0 fully saturated rings. The van der Waals surface area contributed by atoms with Crippen molar-refractivity contribution in [2.45, 2.75) is 30.9 Å². The van der Waals surface area contributed by atoms with Crippen LogP contribution >= 0.6 is 23.2 Å². The van der Waals surface area contributed by atoms with Crippen LogP contribution in [0.25, 0.3) is 0 Å². The normalized spacial score (nSPS) is 13.1. The van der Waals surface area contributed by atoms with Gasteiger partial charge in [-0.05, 0) is 47.5 Å². The van der Waals surface area contributed by atoms with Gasteiger partial charge in [-0.15, -0.1) is 0 Å². The van der Waals surface area contributed by atoms with Crippen molar-refractivity contribution in [1.82, 2.24) is 0 Å². The first-order valence-corrected chi connectivity index (χ1v) is 13.2. The Bertz CT molecular complexity index is 1580. The van der Waals surface area contributed by atoms with E-state index in [1.165, 1.54) is 53.4 Å². The molecule has 0 aliphatic carbocycles. The summed E-state index contributed by atoms with van der Waals surface area (Å²) in [4.78, 5) is 1.33. The van der Waals surface area contributed by atoms with Crippen molar-refractivity contribution in [2.24, 2.45) is 0 Å². The zero-order valence-electron chi connectivity index (χ0n) is 21.7. The maximum atomic E-state index is 14.1. The van der Waals surface area contributed by atoms with E-state index >= 15 is 0 Å². The smallest absolute Gasteiger partial charge is 0.456 e. The van der Waals surface area contributed by atoms with Gasteiger partial charge in [0.25, 0.3) is 0 Å². The van der Waals surface area contributed by atoms with Crippen LogP contribution in [0.2, 0.25) is 10.0 Å². The van der Waals surface area contributed by atoms with E-state index < -0.39 is 47.6 Å². The molecule has 1 unspecified atom stereocenters. The van der Waals surface area contributed by atoms with Crippen LogP contribution in [0.15, 0.2) is 91.0 Å². The first kappa shape index (κ1) is 32.4. The molecule has 4 aromatic carbocycles. The Labute approximate surface area is 250 Å². The van der Waals surface area contributed by atoms with Crippen LogP contribution in [-0.4, -0.2) is 17.8 Å². The molecule has 0 bridgehead atoms. The number of hydrogen-bond acceptors (Lipinski definition) is 3. The van der Waals surface area contributed by atoms with Crippen molar-refractivity contribution in [1.29, 1.82) is 0 Å². The van der Waals surface area contributed by atoms with Gasteiger partial charge in [-0.25, -0.2) is 0 Å². The summed E-state index contributed by atoms with van der Waals surface area (Å²) in [6, 6.07) is 18.6. The molecule has 228 valence electrons. The fraction of sp³-hybridized carbons (Fsp3) is 0.200. The molecule has 43 heavy (non-hydrogen) atoms. The number of hydrogen-bond donors (Lipinski definition) is 1. The molecule has 0 saturated heterocycles. The van der Waals surface area contributed by atoms with Gasteiger partial charge in [-0.1, -0.05) is 71.7 Å². The van der Waals surface area contributed by atoms with Crippen LogP contribution in [0, 0.1) is 0 Å². The third-order valence-corrected chi connectivity index (χ3v) is 7.17. The van der Waals surface area contributed by atoms with E-state index in [0.717, 1.165) is 24.3 Å². The van der Waals surface area contributed by atoms with Gasteiger partial charge < -0.3 is 14.7 Å². The topological polar surface area (TPSA) is 32.7 Å². The first-order valence-electron chi connectivity index (χ1n) is 12.4. The van der Waals surface area contributed by atoms with Crippen molar-refractivity contribution >= 4 is 28.9 Å². The monoisotopic (exact) mass is 649 g/mol. The minimum atomic E-state index is -5.85. The minimum Gasteiger partial charge on any atom is -0.456 e. The predicted octanol–water partition coefficient (Wildman–Crippen LogP) is 10.2. The van der Waals surface area contributed by atoms with Crippen LogP contribution in [0.1, 0.15) is 28.4 Å². The molecule has 0 heterocycles. The van der Waals surface area contributed by atoms with Crippen molar-refractivity contribution in [2.75, 3.05) is 11.4 Å². The highest BCUT2D eigenvalue weighted by Gasteiger charge is 2.58. The third-order valence-electron chi connectivity index (χ3n) is 6.36. The molecule has 3 nitrogen and oxygen atoms in total. The summed E-state index contributed by atoms with van der Waals surface area (Å²) in [6.07, 6.45) is -12.4. The number of ether oxygens (including phenoxy) is 1. The second kappa shape index (κ2) is 12.6. The Morgan fingerprint density at radius 3 is 2.14 bits per heavy atom. The van der Waals surface area contributed by atoms with E-state index in [4.69, 9.17) is 27.9 Å². The number of halogens is 10. The third kappa shape index (κ3) is 7.52. The maximum absolute atomic E-state index is 14.1. The van der Waals surface area contributed by atoms with Crippen LogP contribution in [0.4, 0.5) is 40.8 Å². The molecule has 0 amide bonds. The Kier molecular flexibility index (Phi) is 9.48. The summed E-state index contributed by atoms with van der Waals surface area (Å²) in [5.41, 5.74) is -2.63. The van der Waals surface area contributed by atoms with Crippen molar-refractivity contribution in [3.63, 3.8) is 0 Å². The van der Waals surface area contributed by atoms with Gasteiger partial charge >= 0.3 is 18.3 Å². The molecule has 0 aliphatic heterocycles. The summed E-state index contributed by atoms with van der Waals surface area (Å²) >= 11 is 12.2. The fourth-order valence-corrected chi connectivity index (χ4v) is 4.63. The average Bonchev–Trinajstić information content (AvgIpc) is 2.94. The standard InChI is InChI=1S/C30H21Cl2F8NO2/c31-24-12-5-13-26(27(24)32)43-21-9-4-8-20(15-21)41(17-25(42)22-10-1-2-11-23(22)29(35,36)37)16-18-6-3-7-19(14-18)28(33,34)30(38,39)40/h1-15,25,42H,16-17H2. The zero-order valence-corrected chi connectivity index (χ0v) is 23.2. The van der Waals surface area contributed by atoms with E-state index in [9.17, 15) is 40.2 Å². The van der Waals surface area contributed by atoms with Crippen LogP contribution in [-0.2, 0) is 18.6 Å². The molecule has 0 aliphatic rings. The lowest BCUT2D eigenvalue weighted by atomic mass is 10.0. The quantitative estimate of drug-likeness (QED) is 0.183. The number of rotatable bonds is 9. The number of alkyl halides is 8. The Morgan fingerprint density at radius 1 is 0.767 bits per heavy atom. The molecule has 0 radical (unpaired) electrons. The van der Waals surface area contributed by atoms with Gasteiger partial charge in [-0.2, -0.15) is 35.1 Å².